The summed E-state index contributed by atoms with van der Waals surface area (Å²) < 4.78 is 0. The zero-order valence-electron chi connectivity index (χ0n) is 14.7. The van der Waals surface area contributed by atoms with Gasteiger partial charge in [0.05, 0.1) is 10.8 Å². The first kappa shape index (κ1) is 17.9. The van der Waals surface area contributed by atoms with Gasteiger partial charge < -0.3 is 4.90 Å². The molecule has 0 unspecified atom stereocenters. The van der Waals surface area contributed by atoms with Crippen molar-refractivity contribution in [3.8, 4) is 0 Å². The maximum Gasteiger partial charge on any atom is 0.279 e. The Bertz CT molecular complexity index is 646. The number of nitrogens with zero attached hydrogens (tertiary/aromatic N) is 1. The van der Waals surface area contributed by atoms with Crippen LogP contribution in [0.15, 0.2) is 17.5 Å². The number of hydrazine groups is 1. The molecule has 0 bridgehead atoms. The molecule has 2 N–H and O–H groups in total. The Balaban J connectivity index is 1.54. The molecule has 1 aliphatic heterocycles. The molecular weight excluding hydrogens is 338 g/mol. The molecule has 1 aromatic rings. The van der Waals surface area contributed by atoms with Gasteiger partial charge in [0.15, 0.2) is 0 Å². The Labute approximate surface area is 151 Å². The summed E-state index contributed by atoms with van der Waals surface area (Å²) in [6, 6.07) is 3.70. The summed E-state index contributed by atoms with van der Waals surface area (Å²) in [5.74, 6) is 0.0790. The minimum Gasteiger partial charge on any atom is -0.339 e. The first-order valence-electron chi connectivity index (χ1n) is 8.90. The Morgan fingerprint density at radius 2 is 2.04 bits per heavy atom. The van der Waals surface area contributed by atoms with Crippen LogP contribution < -0.4 is 10.9 Å². The summed E-state index contributed by atoms with van der Waals surface area (Å²) in [4.78, 5) is 39.1. The highest BCUT2D eigenvalue weighted by Crippen LogP contribution is 2.35. The van der Waals surface area contributed by atoms with Crippen molar-refractivity contribution in [3.63, 3.8) is 0 Å². The number of hydrogen-bond acceptors (Lipinski definition) is 4. The van der Waals surface area contributed by atoms with Crippen molar-refractivity contribution in [3.05, 3.63) is 22.4 Å². The largest absolute Gasteiger partial charge is 0.339 e. The van der Waals surface area contributed by atoms with Crippen LogP contribution in [0.5, 0.6) is 0 Å². The van der Waals surface area contributed by atoms with Gasteiger partial charge in [-0.3, -0.25) is 25.2 Å². The summed E-state index contributed by atoms with van der Waals surface area (Å²) in [6.45, 7) is 4.89. The third-order valence-corrected chi connectivity index (χ3v) is 6.51. The molecule has 3 rings (SSSR count). The lowest BCUT2D eigenvalue weighted by atomic mass is 9.77. The topological polar surface area (TPSA) is 78.5 Å². The number of likely N-dealkylation sites (tertiary alicyclic amines) is 1. The zero-order valence-corrected chi connectivity index (χ0v) is 15.5. The Kier molecular flexibility index (Phi) is 5.42. The molecule has 6 nitrogen and oxygen atoms in total. The van der Waals surface area contributed by atoms with E-state index in [-0.39, 0.29) is 30.2 Å². The number of carbonyl (C=O) groups is 3. The van der Waals surface area contributed by atoms with Gasteiger partial charge in [0, 0.05) is 19.0 Å². The molecule has 3 amide bonds. The normalized spacial score (nSPS) is 29.5. The maximum absolute atomic E-state index is 12.4. The molecule has 25 heavy (non-hydrogen) atoms. The van der Waals surface area contributed by atoms with Gasteiger partial charge in [0.1, 0.15) is 0 Å². The van der Waals surface area contributed by atoms with Gasteiger partial charge in [-0.1, -0.05) is 32.8 Å². The van der Waals surface area contributed by atoms with Crippen LogP contribution in [0.4, 0.5) is 0 Å². The summed E-state index contributed by atoms with van der Waals surface area (Å²) in [6.07, 6.45) is 3.57. The summed E-state index contributed by atoms with van der Waals surface area (Å²) in [7, 11) is 0. The number of hydrogen-bond donors (Lipinski definition) is 2. The molecule has 136 valence electrons. The van der Waals surface area contributed by atoms with Crippen molar-refractivity contribution in [2.75, 3.05) is 6.54 Å². The molecule has 4 atom stereocenters. The lowest BCUT2D eigenvalue weighted by Gasteiger charge is -2.40. The number of thiophene rings is 1. The average Bonchev–Trinajstić information content (AvgIpc) is 3.25. The van der Waals surface area contributed by atoms with Gasteiger partial charge in [-0.05, 0) is 29.7 Å². The molecule has 1 aromatic heterocycles. The predicted octanol–water partition coefficient (Wildman–Crippen LogP) is 2.18. The SMILES string of the molecule is C[C@@H]1[C@H](C)CCC[C@@H]1N1C[C@H](C(=O)NNC(=O)c2cccs2)CC1=O. The molecule has 0 radical (unpaired) electrons. The monoisotopic (exact) mass is 363 g/mol. The Morgan fingerprint density at radius 1 is 1.24 bits per heavy atom. The standard InChI is InChI=1S/C18H25N3O3S/c1-11-5-3-6-14(12(11)2)21-10-13(9-16(21)22)17(23)19-20-18(24)15-7-4-8-25-15/h4,7-8,11-14H,3,5-6,9-10H2,1-2H3,(H,19,23)(H,20,24)/t11-,12-,13-,14+/m1/s1. The number of carbonyl (C=O) groups excluding carboxylic acids is 3. The van der Waals surface area contributed by atoms with Gasteiger partial charge in [-0.2, -0.15) is 0 Å². The van der Waals surface area contributed by atoms with Crippen LogP contribution in [-0.2, 0) is 9.59 Å². The highest BCUT2D eigenvalue weighted by molar-refractivity contribution is 7.12. The van der Waals surface area contributed by atoms with Crippen molar-refractivity contribution < 1.29 is 14.4 Å². The van der Waals surface area contributed by atoms with E-state index in [2.05, 4.69) is 24.7 Å². The molecule has 1 aliphatic carbocycles. The van der Waals surface area contributed by atoms with Crippen LogP contribution in [0, 0.1) is 17.8 Å². The van der Waals surface area contributed by atoms with E-state index in [1.165, 1.54) is 17.8 Å². The zero-order chi connectivity index (χ0) is 18.0. The van der Waals surface area contributed by atoms with Gasteiger partial charge in [0.2, 0.25) is 11.8 Å². The molecule has 2 fully saturated rings. The first-order valence-corrected chi connectivity index (χ1v) is 9.78. The first-order chi connectivity index (χ1) is 12.0. The molecular formula is C18H25N3O3S. The summed E-state index contributed by atoms with van der Waals surface area (Å²) >= 11 is 1.31. The van der Waals surface area contributed by atoms with Gasteiger partial charge in [-0.25, -0.2) is 0 Å². The van der Waals surface area contributed by atoms with Crippen LogP contribution in [0.2, 0.25) is 0 Å². The van der Waals surface area contributed by atoms with Gasteiger partial charge >= 0.3 is 0 Å². The third-order valence-electron chi connectivity index (χ3n) is 5.64. The molecule has 1 saturated carbocycles. The van der Waals surface area contributed by atoms with E-state index >= 15 is 0 Å². The lowest BCUT2D eigenvalue weighted by Crippen LogP contribution is -2.47. The molecule has 0 spiro atoms. The van der Waals surface area contributed by atoms with Crippen LogP contribution in [0.25, 0.3) is 0 Å². The fraction of sp³-hybridized carbons (Fsp3) is 0.611. The van der Waals surface area contributed by atoms with E-state index in [4.69, 9.17) is 0 Å². The van der Waals surface area contributed by atoms with E-state index in [0.717, 1.165) is 12.8 Å². The highest BCUT2D eigenvalue weighted by Gasteiger charge is 2.41. The molecule has 1 saturated heterocycles. The van der Waals surface area contributed by atoms with Crippen molar-refractivity contribution >= 4 is 29.1 Å². The van der Waals surface area contributed by atoms with E-state index < -0.39 is 5.92 Å². The van der Waals surface area contributed by atoms with Crippen LogP contribution in [-0.4, -0.2) is 35.2 Å². The smallest absolute Gasteiger partial charge is 0.279 e. The quantitative estimate of drug-likeness (QED) is 0.808. The highest BCUT2D eigenvalue weighted by atomic mass is 32.1. The molecule has 2 heterocycles. The van der Waals surface area contributed by atoms with Crippen LogP contribution in [0.3, 0.4) is 0 Å². The second-order valence-electron chi connectivity index (χ2n) is 7.20. The van der Waals surface area contributed by atoms with Crippen LogP contribution >= 0.6 is 11.3 Å². The maximum atomic E-state index is 12.4. The molecule has 0 aromatic carbocycles. The van der Waals surface area contributed by atoms with Crippen LogP contribution in [0.1, 0.15) is 49.2 Å². The fourth-order valence-electron chi connectivity index (χ4n) is 3.91. The average molecular weight is 363 g/mol. The van der Waals surface area contributed by atoms with Crippen molar-refractivity contribution in [1.82, 2.24) is 15.8 Å². The fourth-order valence-corrected chi connectivity index (χ4v) is 4.53. The van der Waals surface area contributed by atoms with E-state index in [0.29, 0.717) is 23.3 Å². The van der Waals surface area contributed by atoms with Crippen molar-refractivity contribution in [2.24, 2.45) is 17.8 Å². The van der Waals surface area contributed by atoms with E-state index in [1.807, 2.05) is 4.90 Å². The van der Waals surface area contributed by atoms with E-state index in [1.54, 1.807) is 17.5 Å². The van der Waals surface area contributed by atoms with Gasteiger partial charge in [0.25, 0.3) is 5.91 Å². The van der Waals surface area contributed by atoms with Gasteiger partial charge in [-0.15, -0.1) is 11.3 Å². The predicted molar refractivity (Wildman–Crippen MR) is 95.7 cm³/mol. The minimum absolute atomic E-state index is 0.0516. The summed E-state index contributed by atoms with van der Waals surface area (Å²) in [5.41, 5.74) is 4.89. The van der Waals surface area contributed by atoms with Crippen molar-refractivity contribution in [1.29, 1.82) is 0 Å². The summed E-state index contributed by atoms with van der Waals surface area (Å²) in [5, 5.41) is 1.80. The minimum atomic E-state index is -0.402. The second-order valence-corrected chi connectivity index (χ2v) is 8.15. The Hall–Kier alpha value is -1.89. The number of amides is 3. The number of rotatable bonds is 3. The van der Waals surface area contributed by atoms with E-state index in [9.17, 15) is 14.4 Å². The lowest BCUT2D eigenvalue weighted by molar-refractivity contribution is -0.132. The third kappa shape index (κ3) is 3.86. The number of nitrogens with one attached hydrogen (secondary N) is 2. The van der Waals surface area contributed by atoms with Crippen molar-refractivity contribution in [2.45, 2.75) is 45.6 Å². The Morgan fingerprint density at radius 3 is 2.76 bits per heavy atom. The second kappa shape index (κ2) is 7.56. The molecule has 7 heteroatoms. The molecule has 2 aliphatic rings.